The highest BCUT2D eigenvalue weighted by Crippen LogP contribution is 1.87. The summed E-state index contributed by atoms with van der Waals surface area (Å²) in [6.45, 7) is 0.687. The molecule has 0 aliphatic rings. The van der Waals surface area contributed by atoms with Crippen LogP contribution >= 0.6 is 0 Å². The van der Waals surface area contributed by atoms with E-state index in [0.717, 1.165) is 0 Å². The molecule has 0 rings (SSSR count). The van der Waals surface area contributed by atoms with Gasteiger partial charge >= 0.3 is 0 Å². The summed E-state index contributed by atoms with van der Waals surface area (Å²) in [6, 6.07) is 0. The smallest absolute Gasteiger partial charge is 0.200 e. The van der Waals surface area contributed by atoms with Gasteiger partial charge in [0, 0.05) is 0 Å². The largest absolute Gasteiger partial charge is 0.325 e. The molecular formula is C6H15N2O+. The molecule has 0 saturated carbocycles. The van der Waals surface area contributed by atoms with Crippen molar-refractivity contribution in [2.75, 3.05) is 34.2 Å². The van der Waals surface area contributed by atoms with Crippen molar-refractivity contribution in [3.8, 4) is 0 Å². The van der Waals surface area contributed by atoms with Gasteiger partial charge in [0.25, 0.3) is 0 Å². The summed E-state index contributed by atoms with van der Waals surface area (Å²) in [6.07, 6.45) is 0. The summed E-state index contributed by atoms with van der Waals surface area (Å²) in [5.41, 5.74) is 5.12. The highest BCUT2D eigenvalue weighted by Gasteiger charge is 2.11. The van der Waals surface area contributed by atoms with Crippen molar-refractivity contribution in [3.05, 3.63) is 0 Å². The zero-order valence-corrected chi connectivity index (χ0v) is 6.35. The minimum absolute atomic E-state index is 0.113. The quantitative estimate of drug-likeness (QED) is 0.511. The first kappa shape index (κ1) is 8.59. The van der Waals surface area contributed by atoms with Crippen molar-refractivity contribution in [1.29, 1.82) is 0 Å². The summed E-state index contributed by atoms with van der Waals surface area (Å²) in [5, 5.41) is 0. The van der Waals surface area contributed by atoms with Crippen LogP contribution in [0.15, 0.2) is 0 Å². The molecule has 0 bridgehead atoms. The summed E-state index contributed by atoms with van der Waals surface area (Å²) in [4.78, 5) is 10.7. The topological polar surface area (TPSA) is 43.1 Å². The third kappa shape index (κ3) is 5.46. The lowest BCUT2D eigenvalue weighted by atomic mass is 10.3. The van der Waals surface area contributed by atoms with Gasteiger partial charge in [0.15, 0.2) is 5.78 Å². The van der Waals surface area contributed by atoms with E-state index in [2.05, 4.69) is 0 Å². The number of carbonyl (C=O) groups is 1. The molecule has 0 aromatic rings. The van der Waals surface area contributed by atoms with Crippen LogP contribution < -0.4 is 5.73 Å². The van der Waals surface area contributed by atoms with Gasteiger partial charge in [-0.05, 0) is 0 Å². The number of hydrogen-bond donors (Lipinski definition) is 1. The van der Waals surface area contributed by atoms with Crippen LogP contribution in [0, 0.1) is 0 Å². The number of nitrogens with two attached hydrogens (primary N) is 1. The van der Waals surface area contributed by atoms with E-state index in [0.29, 0.717) is 11.0 Å². The number of ketones is 1. The van der Waals surface area contributed by atoms with Crippen molar-refractivity contribution >= 4 is 5.78 Å². The fraction of sp³-hybridized carbons (Fsp3) is 0.833. The lowest BCUT2D eigenvalue weighted by Crippen LogP contribution is -2.41. The van der Waals surface area contributed by atoms with E-state index >= 15 is 0 Å². The highest BCUT2D eigenvalue weighted by atomic mass is 16.1. The van der Waals surface area contributed by atoms with Crippen LogP contribution in [0.3, 0.4) is 0 Å². The maximum absolute atomic E-state index is 10.7. The molecule has 0 aliphatic carbocycles. The molecular weight excluding hydrogens is 116 g/mol. The molecule has 0 fully saturated rings. The Kier molecular flexibility index (Phi) is 2.81. The molecule has 2 N–H and O–H groups in total. The monoisotopic (exact) mass is 131 g/mol. The molecule has 0 heterocycles. The molecule has 0 aromatic carbocycles. The van der Waals surface area contributed by atoms with Gasteiger partial charge in [-0.3, -0.25) is 4.79 Å². The Bertz CT molecular complexity index is 104. The fourth-order valence-corrected chi connectivity index (χ4v) is 0.594. The average molecular weight is 131 g/mol. The third-order valence-corrected chi connectivity index (χ3v) is 0.878. The molecule has 0 aromatic heterocycles. The lowest BCUT2D eigenvalue weighted by Gasteiger charge is -2.22. The van der Waals surface area contributed by atoms with Crippen LogP contribution in [0.25, 0.3) is 0 Å². The number of rotatable bonds is 3. The second-order valence-corrected chi connectivity index (χ2v) is 3.19. The minimum Gasteiger partial charge on any atom is -0.325 e. The van der Waals surface area contributed by atoms with Crippen LogP contribution in [-0.4, -0.2) is 44.5 Å². The van der Waals surface area contributed by atoms with E-state index in [-0.39, 0.29) is 12.3 Å². The van der Waals surface area contributed by atoms with E-state index in [9.17, 15) is 4.79 Å². The number of quaternary nitrogens is 1. The Morgan fingerprint density at radius 3 is 2.00 bits per heavy atom. The molecule has 0 radical (unpaired) electrons. The Balaban J connectivity index is 3.60. The Labute approximate surface area is 56.0 Å². The van der Waals surface area contributed by atoms with E-state index in [1.54, 1.807) is 0 Å². The first-order chi connectivity index (χ1) is 3.95. The van der Waals surface area contributed by atoms with Crippen LogP contribution in [0.5, 0.6) is 0 Å². The first-order valence-electron chi connectivity index (χ1n) is 2.98. The maximum atomic E-state index is 10.7. The Hall–Kier alpha value is -0.410. The van der Waals surface area contributed by atoms with Crippen molar-refractivity contribution in [1.82, 2.24) is 0 Å². The van der Waals surface area contributed by atoms with Gasteiger partial charge in [0.05, 0.1) is 27.7 Å². The molecule has 54 valence electrons. The normalized spacial score (nSPS) is 11.6. The van der Waals surface area contributed by atoms with Gasteiger partial charge in [-0.15, -0.1) is 0 Å². The number of hydrogen-bond acceptors (Lipinski definition) is 2. The first-order valence-corrected chi connectivity index (χ1v) is 2.98. The molecule has 0 atom stereocenters. The number of nitrogens with zero attached hydrogens (tertiary/aromatic N) is 1. The molecule has 3 heteroatoms. The van der Waals surface area contributed by atoms with Gasteiger partial charge in [-0.25, -0.2) is 0 Å². The van der Waals surface area contributed by atoms with Crippen molar-refractivity contribution in [2.45, 2.75) is 0 Å². The average Bonchev–Trinajstić information content (AvgIpc) is 1.62. The predicted octanol–water partition coefficient (Wildman–Crippen LogP) is -0.780. The zero-order chi connectivity index (χ0) is 7.49. The lowest BCUT2D eigenvalue weighted by molar-refractivity contribution is -0.862. The van der Waals surface area contributed by atoms with E-state index in [1.807, 2.05) is 21.1 Å². The van der Waals surface area contributed by atoms with E-state index in [4.69, 9.17) is 5.73 Å². The number of carbonyl (C=O) groups excluding carboxylic acids is 1. The molecule has 0 saturated heterocycles. The minimum atomic E-state index is 0.113. The summed E-state index contributed by atoms with van der Waals surface area (Å²) in [7, 11) is 5.90. The van der Waals surface area contributed by atoms with E-state index < -0.39 is 0 Å². The van der Waals surface area contributed by atoms with Gasteiger partial charge in [-0.2, -0.15) is 0 Å². The Morgan fingerprint density at radius 2 is 1.89 bits per heavy atom. The number of likely N-dealkylation sites (N-methyl/N-ethyl adjacent to an activating group) is 1. The molecule has 0 amide bonds. The van der Waals surface area contributed by atoms with Gasteiger partial charge in [0.2, 0.25) is 0 Å². The van der Waals surface area contributed by atoms with Crippen molar-refractivity contribution in [2.24, 2.45) is 5.73 Å². The second kappa shape index (κ2) is 2.94. The van der Waals surface area contributed by atoms with Gasteiger partial charge in [-0.1, -0.05) is 0 Å². The summed E-state index contributed by atoms with van der Waals surface area (Å²) < 4.78 is 0.663. The molecule has 0 spiro atoms. The van der Waals surface area contributed by atoms with Crippen LogP contribution in [-0.2, 0) is 4.79 Å². The third-order valence-electron chi connectivity index (χ3n) is 0.878. The Morgan fingerprint density at radius 1 is 1.44 bits per heavy atom. The summed E-state index contributed by atoms with van der Waals surface area (Å²) in [5.74, 6) is 0.113. The standard InChI is InChI=1S/C6H15N2O/c1-8(2,3)5-6(9)4-7/h4-5,7H2,1-3H3/q+1. The van der Waals surface area contributed by atoms with Gasteiger partial charge < -0.3 is 10.2 Å². The molecule has 0 aliphatic heterocycles. The van der Waals surface area contributed by atoms with Crippen molar-refractivity contribution < 1.29 is 9.28 Å². The van der Waals surface area contributed by atoms with Crippen LogP contribution in [0.1, 0.15) is 0 Å². The summed E-state index contributed by atoms with van der Waals surface area (Å²) >= 11 is 0. The molecule has 3 nitrogen and oxygen atoms in total. The van der Waals surface area contributed by atoms with Crippen LogP contribution in [0.2, 0.25) is 0 Å². The second-order valence-electron chi connectivity index (χ2n) is 3.19. The fourth-order valence-electron chi connectivity index (χ4n) is 0.594. The maximum Gasteiger partial charge on any atom is 0.200 e. The van der Waals surface area contributed by atoms with E-state index in [1.165, 1.54) is 0 Å². The van der Waals surface area contributed by atoms with Gasteiger partial charge in [0.1, 0.15) is 6.54 Å². The molecule has 0 unspecified atom stereocenters. The highest BCUT2D eigenvalue weighted by molar-refractivity contribution is 5.81. The predicted molar refractivity (Wildman–Crippen MR) is 37.0 cm³/mol. The van der Waals surface area contributed by atoms with Crippen molar-refractivity contribution in [3.63, 3.8) is 0 Å². The molecule has 9 heavy (non-hydrogen) atoms. The number of Topliss-reactive ketones (excluding diaryl/α,β-unsaturated/α-hetero) is 1. The SMILES string of the molecule is C[N+](C)(C)CC(=O)CN. The van der Waals surface area contributed by atoms with Crippen LogP contribution in [0.4, 0.5) is 0 Å². The zero-order valence-electron chi connectivity index (χ0n) is 6.35.